The third-order valence-corrected chi connectivity index (χ3v) is 4.97. The quantitative estimate of drug-likeness (QED) is 0.743. The van der Waals surface area contributed by atoms with Crippen LogP contribution in [-0.4, -0.2) is 104 Å². The molecule has 0 aromatic carbocycles. The first-order valence-corrected chi connectivity index (χ1v) is 8.19. The standard InChI is InChI=1S/C15H28N4O2/c1-16(2)15(20)19-11-13-14(12-19)21-10-9-18(13)8-7-17-5-3-4-6-17/h13-14H,3-12H2,1-2H3/t13-,14-/m0/s1. The molecule has 0 N–H and O–H groups in total. The van der Waals surface area contributed by atoms with E-state index in [1.807, 2.05) is 19.0 Å². The zero-order valence-corrected chi connectivity index (χ0v) is 13.3. The average molecular weight is 296 g/mol. The normalized spacial score (nSPS) is 30.7. The van der Waals surface area contributed by atoms with Crippen LogP contribution in [0.25, 0.3) is 0 Å². The van der Waals surface area contributed by atoms with Crippen molar-refractivity contribution < 1.29 is 9.53 Å². The van der Waals surface area contributed by atoms with Crippen LogP contribution in [0.3, 0.4) is 0 Å². The van der Waals surface area contributed by atoms with E-state index >= 15 is 0 Å². The summed E-state index contributed by atoms with van der Waals surface area (Å²) in [6.45, 7) is 8.11. The molecule has 6 nitrogen and oxygen atoms in total. The average Bonchev–Trinajstić information content (AvgIpc) is 3.13. The Hall–Kier alpha value is -0.850. The number of amides is 2. The van der Waals surface area contributed by atoms with Gasteiger partial charge in [0.15, 0.2) is 0 Å². The molecule has 3 saturated heterocycles. The molecule has 0 unspecified atom stereocenters. The molecule has 3 aliphatic rings. The van der Waals surface area contributed by atoms with E-state index in [-0.39, 0.29) is 12.1 Å². The summed E-state index contributed by atoms with van der Waals surface area (Å²) in [6, 6.07) is 0.484. The fourth-order valence-corrected chi connectivity index (χ4v) is 3.75. The summed E-state index contributed by atoms with van der Waals surface area (Å²) in [5.74, 6) is 0. The highest BCUT2D eigenvalue weighted by Crippen LogP contribution is 2.23. The number of hydrogen-bond donors (Lipinski definition) is 0. The summed E-state index contributed by atoms with van der Waals surface area (Å²) >= 11 is 0. The number of urea groups is 1. The molecule has 120 valence electrons. The van der Waals surface area contributed by atoms with Gasteiger partial charge in [0.2, 0.25) is 0 Å². The highest BCUT2D eigenvalue weighted by atomic mass is 16.5. The van der Waals surface area contributed by atoms with Crippen LogP contribution in [0.5, 0.6) is 0 Å². The van der Waals surface area contributed by atoms with Crippen molar-refractivity contribution in [2.24, 2.45) is 0 Å². The van der Waals surface area contributed by atoms with E-state index < -0.39 is 0 Å². The van der Waals surface area contributed by atoms with Crippen molar-refractivity contribution in [1.82, 2.24) is 19.6 Å². The first kappa shape index (κ1) is 15.1. The molecule has 21 heavy (non-hydrogen) atoms. The molecule has 0 saturated carbocycles. The Kier molecular flexibility index (Phi) is 4.66. The van der Waals surface area contributed by atoms with Gasteiger partial charge >= 0.3 is 6.03 Å². The summed E-state index contributed by atoms with van der Waals surface area (Å²) in [4.78, 5) is 20.8. The predicted molar refractivity (Wildman–Crippen MR) is 81.4 cm³/mol. The van der Waals surface area contributed by atoms with Crippen molar-refractivity contribution in [3.63, 3.8) is 0 Å². The second-order valence-corrected chi connectivity index (χ2v) is 6.64. The van der Waals surface area contributed by atoms with Gasteiger partial charge in [0, 0.05) is 40.3 Å². The molecular formula is C15H28N4O2. The third-order valence-electron chi connectivity index (χ3n) is 4.97. The number of carbonyl (C=O) groups excluding carboxylic acids is 1. The molecule has 0 aromatic rings. The lowest BCUT2D eigenvalue weighted by molar-refractivity contribution is -0.0486. The maximum atomic E-state index is 12.1. The van der Waals surface area contributed by atoms with Crippen LogP contribution in [0.15, 0.2) is 0 Å². The van der Waals surface area contributed by atoms with Crippen molar-refractivity contribution in [3.05, 3.63) is 0 Å². The van der Waals surface area contributed by atoms with Gasteiger partial charge in [-0.15, -0.1) is 0 Å². The second kappa shape index (κ2) is 6.50. The van der Waals surface area contributed by atoms with Gasteiger partial charge in [0.05, 0.1) is 25.3 Å². The first-order valence-electron chi connectivity index (χ1n) is 8.19. The van der Waals surface area contributed by atoms with Crippen molar-refractivity contribution in [2.45, 2.75) is 25.0 Å². The van der Waals surface area contributed by atoms with Gasteiger partial charge < -0.3 is 19.4 Å². The number of likely N-dealkylation sites (tertiary alicyclic amines) is 2. The monoisotopic (exact) mass is 296 g/mol. The summed E-state index contributed by atoms with van der Waals surface area (Å²) in [6.07, 6.45) is 2.89. The van der Waals surface area contributed by atoms with Crippen molar-refractivity contribution in [3.8, 4) is 0 Å². The molecule has 3 heterocycles. The number of ether oxygens (including phenoxy) is 1. The van der Waals surface area contributed by atoms with Gasteiger partial charge in [-0.2, -0.15) is 0 Å². The predicted octanol–water partition coefficient (Wildman–Crippen LogP) is 0.149. The van der Waals surface area contributed by atoms with E-state index in [1.54, 1.807) is 4.90 Å². The maximum absolute atomic E-state index is 12.1. The van der Waals surface area contributed by atoms with Crippen LogP contribution < -0.4 is 0 Å². The fraction of sp³-hybridized carbons (Fsp3) is 0.933. The largest absolute Gasteiger partial charge is 0.373 e. The van der Waals surface area contributed by atoms with Crippen LogP contribution in [0, 0.1) is 0 Å². The minimum atomic E-state index is 0.104. The smallest absolute Gasteiger partial charge is 0.319 e. The highest BCUT2D eigenvalue weighted by Gasteiger charge is 2.42. The van der Waals surface area contributed by atoms with Crippen LogP contribution in [-0.2, 0) is 4.74 Å². The Bertz CT molecular complexity index is 371. The zero-order valence-electron chi connectivity index (χ0n) is 13.3. The molecule has 0 spiro atoms. The number of rotatable bonds is 3. The Morgan fingerprint density at radius 1 is 1.14 bits per heavy atom. The van der Waals surface area contributed by atoms with Crippen molar-refractivity contribution in [2.75, 3.05) is 66.5 Å². The van der Waals surface area contributed by atoms with Crippen LogP contribution in [0.2, 0.25) is 0 Å². The Balaban J connectivity index is 1.55. The minimum absolute atomic E-state index is 0.104. The van der Waals surface area contributed by atoms with Gasteiger partial charge in [0.25, 0.3) is 0 Å². The molecular weight excluding hydrogens is 268 g/mol. The molecule has 0 aliphatic carbocycles. The van der Waals surface area contributed by atoms with E-state index in [0.717, 1.165) is 39.3 Å². The molecule has 3 aliphatic heterocycles. The molecule has 0 bridgehead atoms. The van der Waals surface area contributed by atoms with Crippen molar-refractivity contribution >= 4 is 6.03 Å². The van der Waals surface area contributed by atoms with E-state index in [0.29, 0.717) is 6.04 Å². The Morgan fingerprint density at radius 2 is 1.90 bits per heavy atom. The first-order chi connectivity index (χ1) is 10.1. The van der Waals surface area contributed by atoms with Gasteiger partial charge in [-0.25, -0.2) is 4.79 Å². The zero-order chi connectivity index (χ0) is 14.8. The summed E-state index contributed by atoms with van der Waals surface area (Å²) < 4.78 is 5.90. The lowest BCUT2D eigenvalue weighted by Crippen LogP contribution is -2.52. The van der Waals surface area contributed by atoms with Gasteiger partial charge in [-0.1, -0.05) is 0 Å². The minimum Gasteiger partial charge on any atom is -0.373 e. The van der Waals surface area contributed by atoms with E-state index in [4.69, 9.17) is 4.74 Å². The maximum Gasteiger partial charge on any atom is 0.319 e. The summed E-state index contributed by atoms with van der Waals surface area (Å²) in [5, 5.41) is 0. The number of fused-ring (bicyclic) bond motifs is 1. The summed E-state index contributed by atoms with van der Waals surface area (Å²) in [5.41, 5.74) is 0. The number of carbonyl (C=O) groups is 1. The number of nitrogens with zero attached hydrogens (tertiary/aromatic N) is 4. The van der Waals surface area contributed by atoms with Crippen LogP contribution in [0.1, 0.15) is 12.8 Å². The molecule has 2 amide bonds. The number of hydrogen-bond acceptors (Lipinski definition) is 4. The highest BCUT2D eigenvalue weighted by molar-refractivity contribution is 5.74. The van der Waals surface area contributed by atoms with Crippen molar-refractivity contribution in [1.29, 1.82) is 0 Å². The Labute approximate surface area is 127 Å². The molecule has 0 radical (unpaired) electrons. The molecule has 0 aromatic heterocycles. The lowest BCUT2D eigenvalue weighted by Gasteiger charge is -2.37. The van der Waals surface area contributed by atoms with Gasteiger partial charge in [-0.3, -0.25) is 4.90 Å². The molecule has 2 atom stereocenters. The number of morpholine rings is 1. The van der Waals surface area contributed by atoms with Gasteiger partial charge in [0.1, 0.15) is 0 Å². The molecule has 3 fully saturated rings. The van der Waals surface area contributed by atoms with Crippen LogP contribution in [0.4, 0.5) is 4.79 Å². The van der Waals surface area contributed by atoms with E-state index in [9.17, 15) is 4.79 Å². The molecule has 6 heteroatoms. The second-order valence-electron chi connectivity index (χ2n) is 6.64. The van der Waals surface area contributed by atoms with Crippen LogP contribution >= 0.6 is 0 Å². The fourth-order valence-electron chi connectivity index (χ4n) is 3.75. The van der Waals surface area contributed by atoms with E-state index in [1.165, 1.54) is 25.9 Å². The lowest BCUT2D eigenvalue weighted by atomic mass is 10.1. The SMILES string of the molecule is CN(C)C(=O)N1C[C@@H]2OCCN(CCN3CCCC3)[C@H]2C1. The van der Waals surface area contributed by atoms with E-state index in [2.05, 4.69) is 9.80 Å². The third kappa shape index (κ3) is 3.33. The van der Waals surface area contributed by atoms with Gasteiger partial charge in [-0.05, 0) is 25.9 Å². The topological polar surface area (TPSA) is 39.3 Å². The Morgan fingerprint density at radius 3 is 2.62 bits per heavy atom. The molecule has 3 rings (SSSR count). The summed E-state index contributed by atoms with van der Waals surface area (Å²) in [7, 11) is 3.63.